The van der Waals surface area contributed by atoms with E-state index >= 15 is 0 Å². The van der Waals surface area contributed by atoms with E-state index in [4.69, 9.17) is 0 Å². The molecule has 2 saturated carbocycles. The number of aliphatic imine (C=N–C) groups is 1. The topological polar surface area (TPSA) is 68.2 Å². The number of carbonyl (C=O) groups is 1. The van der Waals surface area contributed by atoms with Crippen molar-refractivity contribution in [1.29, 1.82) is 0 Å². The lowest BCUT2D eigenvalue weighted by atomic mass is 9.85. The first-order valence-electron chi connectivity index (χ1n) is 9.16. The van der Waals surface area contributed by atoms with Crippen molar-refractivity contribution in [2.75, 3.05) is 32.7 Å². The van der Waals surface area contributed by atoms with E-state index in [9.17, 15) is 9.90 Å². The third kappa shape index (κ3) is 4.16. The molecule has 3 fully saturated rings. The summed E-state index contributed by atoms with van der Waals surface area (Å²) in [7, 11) is 0. The van der Waals surface area contributed by atoms with E-state index in [1.54, 1.807) is 0 Å². The summed E-state index contributed by atoms with van der Waals surface area (Å²) in [5, 5.41) is 13.9. The van der Waals surface area contributed by atoms with Crippen LogP contribution in [0.25, 0.3) is 0 Å². The highest BCUT2D eigenvalue weighted by atomic mass is 16.3. The van der Waals surface area contributed by atoms with Crippen molar-refractivity contribution >= 4 is 11.9 Å². The minimum Gasteiger partial charge on any atom is -0.388 e. The van der Waals surface area contributed by atoms with Crippen LogP contribution in [0.1, 0.15) is 51.9 Å². The van der Waals surface area contributed by atoms with E-state index in [1.807, 2.05) is 16.7 Å². The highest BCUT2D eigenvalue weighted by Gasteiger charge is 2.36. The molecule has 3 rings (SSSR count). The first kappa shape index (κ1) is 16.6. The molecule has 130 valence electrons. The van der Waals surface area contributed by atoms with Crippen LogP contribution in [0.2, 0.25) is 0 Å². The summed E-state index contributed by atoms with van der Waals surface area (Å²) in [4.78, 5) is 21.0. The third-order valence-corrected chi connectivity index (χ3v) is 5.19. The number of hydrogen-bond donors (Lipinski definition) is 2. The summed E-state index contributed by atoms with van der Waals surface area (Å²) < 4.78 is 0. The molecule has 0 atom stereocenters. The van der Waals surface area contributed by atoms with Crippen molar-refractivity contribution in [3.05, 3.63) is 0 Å². The third-order valence-electron chi connectivity index (χ3n) is 5.19. The van der Waals surface area contributed by atoms with E-state index in [0.29, 0.717) is 19.1 Å². The van der Waals surface area contributed by atoms with Crippen molar-refractivity contribution in [3.63, 3.8) is 0 Å². The lowest BCUT2D eigenvalue weighted by molar-refractivity contribution is -0.135. The van der Waals surface area contributed by atoms with Crippen molar-refractivity contribution < 1.29 is 9.90 Å². The molecule has 1 saturated heterocycles. The Kier molecular flexibility index (Phi) is 5.09. The molecular formula is C17H30N4O2. The molecule has 0 spiro atoms. The molecule has 1 amide bonds. The van der Waals surface area contributed by atoms with Gasteiger partial charge in [0.2, 0.25) is 5.91 Å². The molecule has 0 radical (unpaired) electrons. The summed E-state index contributed by atoms with van der Waals surface area (Å²) in [5.41, 5.74) is -0.654. The number of carbonyl (C=O) groups excluding carboxylic acids is 1. The Balaban J connectivity index is 1.61. The Hall–Kier alpha value is -1.30. The number of hydrogen-bond acceptors (Lipinski definition) is 3. The Bertz CT molecular complexity index is 456. The monoisotopic (exact) mass is 322 g/mol. The minimum absolute atomic E-state index is 0.209. The van der Waals surface area contributed by atoms with Gasteiger partial charge in [0.1, 0.15) is 0 Å². The van der Waals surface area contributed by atoms with Crippen LogP contribution in [0.5, 0.6) is 0 Å². The number of nitrogens with zero attached hydrogens (tertiary/aromatic N) is 3. The van der Waals surface area contributed by atoms with Gasteiger partial charge in [-0.05, 0) is 32.6 Å². The van der Waals surface area contributed by atoms with Crippen molar-refractivity contribution in [2.24, 2.45) is 4.99 Å². The SMILES string of the molecule is CCNC(=NCC1(O)CCCCC1)N1CCN(C2CC2)C(=O)C1. The second kappa shape index (κ2) is 7.07. The van der Waals surface area contributed by atoms with E-state index in [2.05, 4.69) is 10.3 Å². The van der Waals surface area contributed by atoms with Gasteiger partial charge in [-0.2, -0.15) is 0 Å². The quantitative estimate of drug-likeness (QED) is 0.597. The van der Waals surface area contributed by atoms with Gasteiger partial charge < -0.3 is 20.2 Å². The second-order valence-electron chi connectivity index (χ2n) is 7.20. The second-order valence-corrected chi connectivity index (χ2v) is 7.20. The number of nitrogens with one attached hydrogen (secondary N) is 1. The highest BCUT2D eigenvalue weighted by molar-refractivity contribution is 5.88. The van der Waals surface area contributed by atoms with Gasteiger partial charge in [0.15, 0.2) is 5.96 Å². The molecule has 0 aromatic heterocycles. The van der Waals surface area contributed by atoms with Crippen LogP contribution >= 0.6 is 0 Å². The smallest absolute Gasteiger partial charge is 0.242 e. The molecule has 6 heteroatoms. The van der Waals surface area contributed by atoms with Crippen molar-refractivity contribution in [2.45, 2.75) is 63.5 Å². The van der Waals surface area contributed by atoms with Crippen molar-refractivity contribution in [1.82, 2.24) is 15.1 Å². The molecule has 1 aliphatic heterocycles. The van der Waals surface area contributed by atoms with E-state index in [-0.39, 0.29) is 5.91 Å². The number of guanidine groups is 1. The van der Waals surface area contributed by atoms with E-state index < -0.39 is 5.60 Å². The first-order valence-corrected chi connectivity index (χ1v) is 9.16. The maximum atomic E-state index is 12.3. The molecule has 1 heterocycles. The molecule has 0 unspecified atom stereocenters. The van der Waals surface area contributed by atoms with Gasteiger partial charge in [-0.15, -0.1) is 0 Å². The molecule has 0 aromatic rings. The molecule has 2 N–H and O–H groups in total. The lowest BCUT2D eigenvalue weighted by Gasteiger charge is -2.37. The predicted molar refractivity (Wildman–Crippen MR) is 90.3 cm³/mol. The molecule has 0 aromatic carbocycles. The molecule has 0 bridgehead atoms. The van der Waals surface area contributed by atoms with Gasteiger partial charge in [0.05, 0.1) is 18.7 Å². The zero-order valence-electron chi connectivity index (χ0n) is 14.3. The fourth-order valence-corrected chi connectivity index (χ4v) is 3.66. The van der Waals surface area contributed by atoms with E-state index in [0.717, 1.165) is 64.1 Å². The Morgan fingerprint density at radius 2 is 2.04 bits per heavy atom. The standard InChI is InChI=1S/C17H30N4O2/c1-2-18-16(19-13-17(23)8-4-3-5-9-17)20-10-11-21(14-6-7-14)15(22)12-20/h14,23H,2-13H2,1H3,(H,18,19). The first-order chi connectivity index (χ1) is 11.1. The highest BCUT2D eigenvalue weighted by Crippen LogP contribution is 2.29. The van der Waals surface area contributed by atoms with Crippen molar-refractivity contribution in [3.8, 4) is 0 Å². The maximum Gasteiger partial charge on any atom is 0.242 e. The molecule has 6 nitrogen and oxygen atoms in total. The van der Waals surface area contributed by atoms with Crippen LogP contribution in [0, 0.1) is 0 Å². The number of rotatable bonds is 4. The summed E-state index contributed by atoms with van der Waals surface area (Å²) in [6, 6.07) is 0.493. The Labute approximate surface area is 138 Å². The summed E-state index contributed by atoms with van der Waals surface area (Å²) in [5.74, 6) is 0.982. The average Bonchev–Trinajstić information content (AvgIpc) is 3.37. The van der Waals surface area contributed by atoms with E-state index in [1.165, 1.54) is 6.42 Å². The van der Waals surface area contributed by atoms with Gasteiger partial charge >= 0.3 is 0 Å². The average molecular weight is 322 g/mol. The summed E-state index contributed by atoms with van der Waals surface area (Å²) in [6.45, 7) is 5.26. The predicted octanol–water partition coefficient (Wildman–Crippen LogP) is 0.954. The molecular weight excluding hydrogens is 292 g/mol. The maximum absolute atomic E-state index is 12.3. The molecule has 23 heavy (non-hydrogen) atoms. The van der Waals surface area contributed by atoms with Crippen LogP contribution in [-0.2, 0) is 4.79 Å². The fraction of sp³-hybridized carbons (Fsp3) is 0.882. The Morgan fingerprint density at radius 1 is 1.30 bits per heavy atom. The lowest BCUT2D eigenvalue weighted by Crippen LogP contribution is -2.56. The van der Waals surface area contributed by atoms with Gasteiger partial charge in [0.25, 0.3) is 0 Å². The van der Waals surface area contributed by atoms with Gasteiger partial charge in [-0.25, -0.2) is 0 Å². The fourth-order valence-electron chi connectivity index (χ4n) is 3.66. The minimum atomic E-state index is -0.654. The Morgan fingerprint density at radius 3 is 2.65 bits per heavy atom. The zero-order valence-corrected chi connectivity index (χ0v) is 14.3. The summed E-state index contributed by atoms with van der Waals surface area (Å²) >= 11 is 0. The number of piperazine rings is 1. The van der Waals surface area contributed by atoms with Crippen LogP contribution in [0.15, 0.2) is 4.99 Å². The normalized spacial score (nSPS) is 25.7. The molecule has 2 aliphatic carbocycles. The number of aliphatic hydroxyl groups is 1. The summed E-state index contributed by atoms with van der Waals surface area (Å²) in [6.07, 6.45) is 7.38. The largest absolute Gasteiger partial charge is 0.388 e. The van der Waals surface area contributed by atoms with Crippen LogP contribution in [0.4, 0.5) is 0 Å². The van der Waals surface area contributed by atoms with Crippen LogP contribution in [0.3, 0.4) is 0 Å². The zero-order chi connectivity index (χ0) is 16.3. The van der Waals surface area contributed by atoms with Crippen LogP contribution in [-0.4, -0.2) is 71.1 Å². The van der Waals surface area contributed by atoms with Gasteiger partial charge in [0, 0.05) is 25.7 Å². The molecule has 3 aliphatic rings. The van der Waals surface area contributed by atoms with Gasteiger partial charge in [-0.3, -0.25) is 9.79 Å². The van der Waals surface area contributed by atoms with Gasteiger partial charge in [-0.1, -0.05) is 19.3 Å². The number of amides is 1. The van der Waals surface area contributed by atoms with Crippen LogP contribution < -0.4 is 5.32 Å².